The number of benzene rings is 1. The maximum Gasteiger partial charge on any atom is 0.237 e. The Morgan fingerprint density at radius 3 is 2.21 bits per heavy atom. The highest BCUT2D eigenvalue weighted by Crippen LogP contribution is 2.14. The monoisotopic (exact) mass is 386 g/mol. The fourth-order valence-corrected chi connectivity index (χ4v) is 4.07. The van der Waals surface area contributed by atoms with Crippen molar-refractivity contribution in [1.82, 2.24) is 20.0 Å². The lowest BCUT2D eigenvalue weighted by atomic mass is 10.1. The lowest BCUT2D eigenvalue weighted by Gasteiger charge is -2.38. The number of carbonyl (C=O) groups excluding carboxylic acids is 2. The molecule has 0 saturated carbocycles. The SMILES string of the molecule is CC(NC(=O)C(C)N1CCN(CC(=O)N2CCCCC2)CC1)c1ccccc1. The van der Waals surface area contributed by atoms with Crippen LogP contribution in [0.4, 0.5) is 0 Å². The first kappa shape index (κ1) is 20.8. The van der Waals surface area contributed by atoms with Crippen molar-refractivity contribution >= 4 is 11.8 Å². The standard InChI is InChI=1S/C22H34N4O2/c1-18(20-9-5-3-6-10-20)23-22(28)19(2)25-15-13-24(14-16-25)17-21(27)26-11-7-4-8-12-26/h3,5-6,9-10,18-19H,4,7-8,11-17H2,1-2H3,(H,23,28). The van der Waals surface area contributed by atoms with Gasteiger partial charge in [-0.3, -0.25) is 19.4 Å². The Morgan fingerprint density at radius 1 is 0.929 bits per heavy atom. The number of hydrogen-bond donors (Lipinski definition) is 1. The summed E-state index contributed by atoms with van der Waals surface area (Å²) in [6.45, 7) is 9.65. The maximum absolute atomic E-state index is 12.7. The van der Waals surface area contributed by atoms with Gasteiger partial charge in [0.2, 0.25) is 11.8 Å². The van der Waals surface area contributed by atoms with Crippen molar-refractivity contribution in [3.05, 3.63) is 35.9 Å². The third-order valence-electron chi connectivity index (χ3n) is 6.06. The molecule has 0 aliphatic carbocycles. The van der Waals surface area contributed by atoms with E-state index in [-0.39, 0.29) is 23.9 Å². The average molecular weight is 387 g/mol. The van der Waals surface area contributed by atoms with Gasteiger partial charge in [0.25, 0.3) is 0 Å². The van der Waals surface area contributed by atoms with Gasteiger partial charge in [-0.25, -0.2) is 0 Å². The zero-order chi connectivity index (χ0) is 19.9. The Hall–Kier alpha value is -1.92. The summed E-state index contributed by atoms with van der Waals surface area (Å²) in [5.74, 6) is 0.324. The van der Waals surface area contributed by atoms with E-state index < -0.39 is 0 Å². The van der Waals surface area contributed by atoms with E-state index >= 15 is 0 Å². The molecule has 154 valence electrons. The molecule has 0 bridgehead atoms. The fourth-order valence-electron chi connectivity index (χ4n) is 4.07. The summed E-state index contributed by atoms with van der Waals surface area (Å²) in [7, 11) is 0. The number of likely N-dealkylation sites (tertiary alicyclic amines) is 1. The second kappa shape index (κ2) is 10.0. The van der Waals surface area contributed by atoms with Crippen molar-refractivity contribution in [2.75, 3.05) is 45.8 Å². The normalized spacial score (nSPS) is 21.1. The van der Waals surface area contributed by atoms with Crippen LogP contribution in [-0.2, 0) is 9.59 Å². The summed E-state index contributed by atoms with van der Waals surface area (Å²) in [5.41, 5.74) is 1.11. The van der Waals surface area contributed by atoms with Crippen LogP contribution < -0.4 is 5.32 Å². The lowest BCUT2D eigenvalue weighted by molar-refractivity contribution is -0.134. The second-order valence-corrected chi connectivity index (χ2v) is 8.07. The molecule has 6 heteroatoms. The van der Waals surface area contributed by atoms with E-state index in [0.29, 0.717) is 6.54 Å². The predicted molar refractivity (Wildman–Crippen MR) is 111 cm³/mol. The number of rotatable bonds is 6. The van der Waals surface area contributed by atoms with E-state index in [4.69, 9.17) is 0 Å². The molecule has 2 amide bonds. The molecule has 2 aliphatic rings. The van der Waals surface area contributed by atoms with Crippen LogP contribution in [0.3, 0.4) is 0 Å². The molecule has 2 fully saturated rings. The topological polar surface area (TPSA) is 55.9 Å². The van der Waals surface area contributed by atoms with Gasteiger partial charge in [0.15, 0.2) is 0 Å². The number of amides is 2. The van der Waals surface area contributed by atoms with Crippen molar-refractivity contribution < 1.29 is 9.59 Å². The summed E-state index contributed by atoms with van der Waals surface area (Å²) in [4.78, 5) is 31.6. The molecule has 1 aromatic carbocycles. The van der Waals surface area contributed by atoms with Crippen molar-refractivity contribution in [1.29, 1.82) is 0 Å². The number of nitrogens with one attached hydrogen (secondary N) is 1. The van der Waals surface area contributed by atoms with E-state index in [2.05, 4.69) is 15.1 Å². The highest BCUT2D eigenvalue weighted by atomic mass is 16.2. The van der Waals surface area contributed by atoms with Crippen LogP contribution in [0.25, 0.3) is 0 Å². The molecule has 2 heterocycles. The van der Waals surface area contributed by atoms with Crippen LogP contribution in [0, 0.1) is 0 Å². The second-order valence-electron chi connectivity index (χ2n) is 8.07. The van der Waals surface area contributed by atoms with Gasteiger partial charge in [0.1, 0.15) is 0 Å². The first-order valence-corrected chi connectivity index (χ1v) is 10.6. The molecule has 28 heavy (non-hydrogen) atoms. The largest absolute Gasteiger partial charge is 0.348 e. The molecular weight excluding hydrogens is 352 g/mol. The first-order valence-electron chi connectivity index (χ1n) is 10.6. The molecule has 6 nitrogen and oxygen atoms in total. The zero-order valence-electron chi connectivity index (χ0n) is 17.3. The predicted octanol–water partition coefficient (Wildman–Crippen LogP) is 1.88. The highest BCUT2D eigenvalue weighted by Gasteiger charge is 2.28. The van der Waals surface area contributed by atoms with Crippen LogP contribution in [0.15, 0.2) is 30.3 Å². The maximum atomic E-state index is 12.7. The Kier molecular flexibility index (Phi) is 7.45. The number of piperidine rings is 1. The van der Waals surface area contributed by atoms with Crippen molar-refractivity contribution in [2.45, 2.75) is 45.2 Å². The number of carbonyl (C=O) groups is 2. The molecule has 3 rings (SSSR count). The van der Waals surface area contributed by atoms with Gasteiger partial charge in [-0.05, 0) is 38.7 Å². The van der Waals surface area contributed by atoms with Gasteiger partial charge in [0, 0.05) is 39.3 Å². The minimum atomic E-state index is -0.161. The van der Waals surface area contributed by atoms with Crippen molar-refractivity contribution in [2.24, 2.45) is 0 Å². The van der Waals surface area contributed by atoms with Gasteiger partial charge in [-0.2, -0.15) is 0 Å². The molecular formula is C22H34N4O2. The summed E-state index contributed by atoms with van der Waals surface area (Å²) < 4.78 is 0. The molecule has 2 atom stereocenters. The molecule has 1 aromatic rings. The smallest absolute Gasteiger partial charge is 0.237 e. The minimum Gasteiger partial charge on any atom is -0.348 e. The summed E-state index contributed by atoms with van der Waals surface area (Å²) in [6, 6.07) is 9.88. The van der Waals surface area contributed by atoms with Gasteiger partial charge in [-0.1, -0.05) is 30.3 Å². The molecule has 0 aromatic heterocycles. The van der Waals surface area contributed by atoms with Crippen LogP contribution >= 0.6 is 0 Å². The molecule has 0 spiro atoms. The van der Waals surface area contributed by atoms with Crippen molar-refractivity contribution in [3.63, 3.8) is 0 Å². The lowest BCUT2D eigenvalue weighted by Crippen LogP contribution is -2.55. The molecule has 2 saturated heterocycles. The molecule has 2 unspecified atom stereocenters. The Morgan fingerprint density at radius 2 is 1.57 bits per heavy atom. The van der Waals surface area contributed by atoms with Crippen LogP contribution in [0.2, 0.25) is 0 Å². The van der Waals surface area contributed by atoms with E-state index in [1.165, 1.54) is 6.42 Å². The van der Waals surface area contributed by atoms with Crippen LogP contribution in [0.5, 0.6) is 0 Å². The first-order chi connectivity index (χ1) is 13.5. The summed E-state index contributed by atoms with van der Waals surface area (Å²) >= 11 is 0. The third kappa shape index (κ3) is 5.55. The van der Waals surface area contributed by atoms with Gasteiger partial charge in [0.05, 0.1) is 18.6 Å². The Labute approximate surface area is 168 Å². The zero-order valence-corrected chi connectivity index (χ0v) is 17.3. The van der Waals surface area contributed by atoms with E-state index in [0.717, 1.165) is 57.7 Å². The van der Waals surface area contributed by atoms with Crippen LogP contribution in [-0.4, -0.2) is 78.4 Å². The van der Waals surface area contributed by atoms with Crippen molar-refractivity contribution in [3.8, 4) is 0 Å². The fraction of sp³-hybridized carbons (Fsp3) is 0.636. The van der Waals surface area contributed by atoms with Gasteiger partial charge < -0.3 is 10.2 Å². The molecule has 0 radical (unpaired) electrons. The summed E-state index contributed by atoms with van der Waals surface area (Å²) in [6.07, 6.45) is 3.51. The number of hydrogen-bond acceptors (Lipinski definition) is 4. The third-order valence-corrected chi connectivity index (χ3v) is 6.06. The van der Waals surface area contributed by atoms with Crippen LogP contribution in [0.1, 0.15) is 44.7 Å². The van der Waals surface area contributed by atoms with Gasteiger partial charge >= 0.3 is 0 Å². The average Bonchev–Trinajstić information content (AvgIpc) is 2.75. The minimum absolute atomic E-state index is 0.000367. The van der Waals surface area contributed by atoms with E-state index in [9.17, 15) is 9.59 Å². The highest BCUT2D eigenvalue weighted by molar-refractivity contribution is 5.81. The van der Waals surface area contributed by atoms with Gasteiger partial charge in [-0.15, -0.1) is 0 Å². The Balaban J connectivity index is 1.42. The summed E-state index contributed by atoms with van der Waals surface area (Å²) in [5, 5.41) is 3.12. The van der Waals surface area contributed by atoms with E-state index in [1.54, 1.807) is 0 Å². The molecule has 2 aliphatic heterocycles. The molecule has 1 N–H and O–H groups in total. The number of nitrogens with zero attached hydrogens (tertiary/aromatic N) is 3. The quantitative estimate of drug-likeness (QED) is 0.811. The number of piperazine rings is 1. The Bertz CT molecular complexity index is 637. The van der Waals surface area contributed by atoms with E-state index in [1.807, 2.05) is 49.1 Å².